The Hall–Kier alpha value is -1.27. The topological polar surface area (TPSA) is 44.9 Å². The van der Waals surface area contributed by atoms with Crippen LogP contribution in [0.15, 0.2) is 40.7 Å². The highest BCUT2D eigenvalue weighted by molar-refractivity contribution is 7.12. The van der Waals surface area contributed by atoms with Crippen LogP contribution in [0.1, 0.15) is 29.7 Å². The number of aryl methyl sites for hydroxylation is 1. The lowest BCUT2D eigenvalue weighted by Crippen LogP contribution is -2.36. The number of nitrogens with zero attached hydrogens (tertiary/aromatic N) is 3. The summed E-state index contributed by atoms with van der Waals surface area (Å²) in [6.45, 7) is 6.03. The Morgan fingerprint density at radius 2 is 1.85 bits per heavy atom. The number of amidine groups is 1. The van der Waals surface area contributed by atoms with Gasteiger partial charge in [-0.15, -0.1) is 36.2 Å². The van der Waals surface area contributed by atoms with Crippen molar-refractivity contribution >= 4 is 53.4 Å². The minimum absolute atomic E-state index is 0. The highest BCUT2D eigenvalue weighted by Crippen LogP contribution is 2.31. The van der Waals surface area contributed by atoms with Crippen LogP contribution >= 0.6 is 36.2 Å². The van der Waals surface area contributed by atoms with E-state index in [9.17, 15) is 0 Å². The number of benzene rings is 1. The number of hydrogen-bond acceptors (Lipinski definition) is 4. The largest absolute Gasteiger partial charge is 0.383 e. The first kappa shape index (κ1) is 22.0. The number of rotatable bonds is 5. The van der Waals surface area contributed by atoms with Crippen LogP contribution in [-0.2, 0) is 6.42 Å². The monoisotopic (exact) mass is 426 g/mol. The number of hydrogen-bond donors (Lipinski definition) is 1. The zero-order chi connectivity index (χ0) is 17.1. The summed E-state index contributed by atoms with van der Waals surface area (Å²) >= 11 is 1.63. The molecule has 1 aromatic carbocycles. The maximum atomic E-state index is 6.14. The van der Waals surface area contributed by atoms with Crippen molar-refractivity contribution in [3.8, 4) is 0 Å². The van der Waals surface area contributed by atoms with Crippen molar-refractivity contribution in [1.29, 1.82) is 0 Å². The average Bonchev–Trinajstić information content (AvgIpc) is 3.33. The number of likely N-dealkylation sites (tertiary alicyclic amines) is 1. The van der Waals surface area contributed by atoms with E-state index in [1.165, 1.54) is 56.7 Å². The molecule has 0 saturated carbocycles. The van der Waals surface area contributed by atoms with Gasteiger partial charge in [0.05, 0.1) is 10.6 Å². The molecule has 148 valence electrons. The fourth-order valence-corrected chi connectivity index (χ4v) is 4.48. The van der Waals surface area contributed by atoms with Gasteiger partial charge in [-0.05, 0) is 74.0 Å². The van der Waals surface area contributed by atoms with E-state index in [4.69, 9.17) is 5.73 Å². The highest BCUT2D eigenvalue weighted by atomic mass is 35.5. The molecule has 0 unspecified atom stereocenters. The van der Waals surface area contributed by atoms with Crippen LogP contribution in [-0.4, -0.2) is 43.5 Å². The number of fused-ring (bicyclic) bond motifs is 1. The zero-order valence-electron chi connectivity index (χ0n) is 15.5. The molecule has 0 atom stereocenters. The molecule has 1 aromatic heterocycles. The lowest BCUT2D eigenvalue weighted by Gasteiger charge is -2.32. The van der Waals surface area contributed by atoms with Gasteiger partial charge >= 0.3 is 0 Å². The second-order valence-corrected chi connectivity index (χ2v) is 7.87. The third-order valence-corrected chi connectivity index (χ3v) is 6.08. The van der Waals surface area contributed by atoms with Gasteiger partial charge in [0.25, 0.3) is 0 Å². The molecule has 4 nitrogen and oxygen atoms in total. The summed E-state index contributed by atoms with van der Waals surface area (Å²) in [5.41, 5.74) is 9.90. The Labute approximate surface area is 178 Å². The summed E-state index contributed by atoms with van der Waals surface area (Å²) in [6, 6.07) is 10.6. The van der Waals surface area contributed by atoms with E-state index < -0.39 is 0 Å². The van der Waals surface area contributed by atoms with E-state index in [0.717, 1.165) is 23.5 Å². The second kappa shape index (κ2) is 10.3. The van der Waals surface area contributed by atoms with Crippen LogP contribution in [0.5, 0.6) is 0 Å². The van der Waals surface area contributed by atoms with Crippen LogP contribution in [0.3, 0.4) is 0 Å². The minimum atomic E-state index is 0. The predicted molar refractivity (Wildman–Crippen MR) is 122 cm³/mol. The van der Waals surface area contributed by atoms with E-state index in [1.807, 2.05) is 17.5 Å². The molecular formula is C20H28Cl2N4S. The summed E-state index contributed by atoms with van der Waals surface area (Å²) in [5.74, 6) is 0.608. The molecule has 0 bridgehead atoms. The van der Waals surface area contributed by atoms with Gasteiger partial charge in [-0.25, -0.2) is 4.99 Å². The van der Waals surface area contributed by atoms with Gasteiger partial charge < -0.3 is 15.5 Å². The van der Waals surface area contributed by atoms with Gasteiger partial charge in [0.15, 0.2) is 0 Å². The smallest absolute Gasteiger partial charge is 0.141 e. The number of aliphatic imine (C=N–C) groups is 1. The standard InChI is InChI=1S/C20H26N4S.2ClH/c21-20(19-6-4-14-25-19)22-17-7-8-18-16(15-17)5-3-11-24(18)13-12-23-9-1-2-10-23;;/h4,6-8,14-15H,1-3,5,9-13H2,(H2,21,22);2*1H. The molecule has 4 rings (SSSR count). The summed E-state index contributed by atoms with van der Waals surface area (Å²) < 4.78 is 0. The average molecular weight is 427 g/mol. The van der Waals surface area contributed by atoms with Crippen molar-refractivity contribution in [3.63, 3.8) is 0 Å². The quantitative estimate of drug-likeness (QED) is 0.566. The molecule has 0 radical (unpaired) electrons. The lowest BCUT2D eigenvalue weighted by molar-refractivity contribution is 0.343. The van der Waals surface area contributed by atoms with Crippen molar-refractivity contribution in [3.05, 3.63) is 46.2 Å². The summed E-state index contributed by atoms with van der Waals surface area (Å²) in [4.78, 5) is 10.8. The molecule has 2 aromatic rings. The second-order valence-electron chi connectivity index (χ2n) is 6.93. The Morgan fingerprint density at radius 1 is 1.04 bits per heavy atom. The maximum Gasteiger partial charge on any atom is 0.141 e. The summed E-state index contributed by atoms with van der Waals surface area (Å²) in [7, 11) is 0. The van der Waals surface area contributed by atoms with Crippen LogP contribution < -0.4 is 10.6 Å². The predicted octanol–water partition coefficient (Wildman–Crippen LogP) is 4.48. The van der Waals surface area contributed by atoms with Gasteiger partial charge in [0.2, 0.25) is 0 Å². The number of halogens is 2. The van der Waals surface area contributed by atoms with Gasteiger partial charge in [0, 0.05) is 25.3 Å². The van der Waals surface area contributed by atoms with Gasteiger partial charge in [-0.3, -0.25) is 0 Å². The molecule has 0 spiro atoms. The van der Waals surface area contributed by atoms with Crippen molar-refractivity contribution in [2.45, 2.75) is 25.7 Å². The Morgan fingerprint density at radius 3 is 2.59 bits per heavy atom. The molecule has 2 N–H and O–H groups in total. The van der Waals surface area contributed by atoms with Gasteiger partial charge in [-0.1, -0.05) is 6.07 Å². The van der Waals surface area contributed by atoms with E-state index in [2.05, 4.69) is 33.0 Å². The Kier molecular flexibility index (Phi) is 8.42. The van der Waals surface area contributed by atoms with Crippen LogP contribution in [0.4, 0.5) is 11.4 Å². The zero-order valence-corrected chi connectivity index (χ0v) is 17.9. The van der Waals surface area contributed by atoms with E-state index >= 15 is 0 Å². The van der Waals surface area contributed by atoms with Crippen molar-refractivity contribution in [1.82, 2.24) is 4.90 Å². The number of thiophene rings is 1. The molecule has 1 fully saturated rings. The third-order valence-electron chi connectivity index (χ3n) is 5.19. The van der Waals surface area contributed by atoms with Crippen molar-refractivity contribution in [2.75, 3.05) is 37.6 Å². The highest BCUT2D eigenvalue weighted by Gasteiger charge is 2.19. The SMILES string of the molecule is Cl.Cl.NC(=Nc1ccc2c(c1)CCCN2CCN1CCCC1)c1cccs1. The van der Waals surface area contributed by atoms with Crippen molar-refractivity contribution < 1.29 is 0 Å². The summed E-state index contributed by atoms with van der Waals surface area (Å²) in [6.07, 6.45) is 5.09. The normalized spacial score (nSPS) is 17.2. The van der Waals surface area contributed by atoms with Crippen LogP contribution in [0.25, 0.3) is 0 Å². The molecule has 27 heavy (non-hydrogen) atoms. The first-order chi connectivity index (χ1) is 12.3. The van der Waals surface area contributed by atoms with Gasteiger partial charge in [0.1, 0.15) is 5.84 Å². The molecular weight excluding hydrogens is 399 g/mol. The van der Waals surface area contributed by atoms with Gasteiger partial charge in [-0.2, -0.15) is 0 Å². The molecule has 1 saturated heterocycles. The molecule has 3 heterocycles. The van der Waals surface area contributed by atoms with E-state index in [0.29, 0.717) is 5.84 Å². The molecule has 2 aliphatic heterocycles. The van der Waals surface area contributed by atoms with E-state index in [1.54, 1.807) is 11.3 Å². The molecule has 0 amide bonds. The van der Waals surface area contributed by atoms with E-state index in [-0.39, 0.29) is 24.8 Å². The number of anilines is 1. The Bertz CT molecular complexity index is 742. The van der Waals surface area contributed by atoms with Crippen LogP contribution in [0.2, 0.25) is 0 Å². The lowest BCUT2D eigenvalue weighted by atomic mass is 10.0. The first-order valence-electron chi connectivity index (χ1n) is 9.28. The molecule has 2 aliphatic rings. The summed E-state index contributed by atoms with van der Waals surface area (Å²) in [5, 5.41) is 2.03. The third kappa shape index (κ3) is 5.38. The fraction of sp³-hybridized carbons (Fsp3) is 0.450. The Balaban J connectivity index is 0.00000131. The van der Waals surface area contributed by atoms with Crippen molar-refractivity contribution in [2.24, 2.45) is 10.7 Å². The maximum absolute atomic E-state index is 6.14. The number of nitrogens with two attached hydrogens (primary N) is 1. The molecule has 7 heteroatoms. The fourth-order valence-electron chi connectivity index (χ4n) is 3.85. The first-order valence-corrected chi connectivity index (χ1v) is 10.2. The van der Waals surface area contributed by atoms with Crippen LogP contribution in [0, 0.1) is 0 Å². The molecule has 0 aliphatic carbocycles. The minimum Gasteiger partial charge on any atom is -0.383 e.